The fourth-order valence-corrected chi connectivity index (χ4v) is 1.70. The Hall–Kier alpha value is -1.76. The van der Waals surface area contributed by atoms with Crippen molar-refractivity contribution in [3.8, 4) is 0 Å². The van der Waals surface area contributed by atoms with Gasteiger partial charge in [-0.3, -0.25) is 0 Å². The normalized spacial score (nSPS) is 10.3. The van der Waals surface area contributed by atoms with Crippen molar-refractivity contribution < 1.29 is 0 Å². The molecule has 0 unspecified atom stereocenters. The molecular formula is C19H29N. The molecule has 0 aliphatic heterocycles. The van der Waals surface area contributed by atoms with Gasteiger partial charge in [-0.15, -0.1) is 0 Å². The van der Waals surface area contributed by atoms with Crippen molar-refractivity contribution in [3.63, 3.8) is 0 Å². The van der Waals surface area contributed by atoms with Gasteiger partial charge in [0.1, 0.15) is 0 Å². The summed E-state index contributed by atoms with van der Waals surface area (Å²) in [6, 6.07) is 8.72. The number of hydrogen-bond acceptors (Lipinski definition) is 1. The predicted molar refractivity (Wildman–Crippen MR) is 93.4 cm³/mol. The minimum absolute atomic E-state index is 0.964. The molecule has 0 fully saturated rings. The number of nitrogens with one attached hydrogen (secondary N) is 1. The molecule has 0 aliphatic rings. The van der Waals surface area contributed by atoms with Crippen LogP contribution in [0.25, 0.3) is 0 Å². The van der Waals surface area contributed by atoms with Crippen molar-refractivity contribution >= 4 is 5.69 Å². The smallest absolute Gasteiger partial charge is 0.0340 e. The second-order valence-corrected chi connectivity index (χ2v) is 4.21. The molecule has 0 amide bonds. The fourth-order valence-electron chi connectivity index (χ4n) is 1.70. The van der Waals surface area contributed by atoms with Crippen LogP contribution in [-0.2, 0) is 6.42 Å². The van der Waals surface area contributed by atoms with E-state index in [4.69, 9.17) is 0 Å². The number of benzene rings is 1. The Kier molecular flexibility index (Phi) is 12.5. The van der Waals surface area contributed by atoms with Crippen molar-refractivity contribution in [1.29, 1.82) is 0 Å². The number of aryl methyl sites for hydroxylation is 1. The van der Waals surface area contributed by atoms with Crippen molar-refractivity contribution in [1.82, 2.24) is 0 Å². The SMILES string of the molecule is C=C/C=C\C=C\CCNc1ccc(CCC)cc1.CC. The van der Waals surface area contributed by atoms with Crippen LogP contribution in [0.2, 0.25) is 0 Å². The molecule has 0 saturated carbocycles. The largest absolute Gasteiger partial charge is 0.385 e. The number of anilines is 1. The van der Waals surface area contributed by atoms with E-state index in [2.05, 4.69) is 49.2 Å². The molecule has 1 N–H and O–H groups in total. The van der Waals surface area contributed by atoms with E-state index in [0.29, 0.717) is 0 Å². The summed E-state index contributed by atoms with van der Waals surface area (Å²) in [5.41, 5.74) is 2.61. The molecule has 1 aromatic rings. The van der Waals surface area contributed by atoms with Gasteiger partial charge in [0.2, 0.25) is 0 Å². The highest BCUT2D eigenvalue weighted by Crippen LogP contribution is 2.10. The van der Waals surface area contributed by atoms with Gasteiger partial charge in [-0.2, -0.15) is 0 Å². The van der Waals surface area contributed by atoms with Gasteiger partial charge < -0.3 is 5.32 Å². The lowest BCUT2D eigenvalue weighted by Crippen LogP contribution is -1.99. The highest BCUT2D eigenvalue weighted by Gasteiger charge is 1.92. The predicted octanol–water partition coefficient (Wildman–Crippen LogP) is 5.77. The third-order valence-electron chi connectivity index (χ3n) is 2.63. The van der Waals surface area contributed by atoms with E-state index in [-0.39, 0.29) is 0 Å². The van der Waals surface area contributed by atoms with E-state index < -0.39 is 0 Å². The van der Waals surface area contributed by atoms with Crippen LogP contribution in [0, 0.1) is 0 Å². The maximum atomic E-state index is 3.62. The highest BCUT2D eigenvalue weighted by molar-refractivity contribution is 5.44. The zero-order valence-corrected chi connectivity index (χ0v) is 13.2. The van der Waals surface area contributed by atoms with Gasteiger partial charge in [-0.05, 0) is 30.5 Å². The Balaban J connectivity index is 0.00000172. The molecule has 20 heavy (non-hydrogen) atoms. The Morgan fingerprint density at radius 1 is 1.05 bits per heavy atom. The average molecular weight is 271 g/mol. The van der Waals surface area contributed by atoms with Gasteiger partial charge in [-0.25, -0.2) is 0 Å². The zero-order valence-electron chi connectivity index (χ0n) is 13.2. The molecule has 0 atom stereocenters. The Morgan fingerprint density at radius 3 is 2.35 bits per heavy atom. The van der Waals surface area contributed by atoms with E-state index in [1.807, 2.05) is 32.1 Å². The summed E-state index contributed by atoms with van der Waals surface area (Å²) < 4.78 is 0. The monoisotopic (exact) mass is 271 g/mol. The highest BCUT2D eigenvalue weighted by atomic mass is 14.9. The number of hydrogen-bond donors (Lipinski definition) is 1. The lowest BCUT2D eigenvalue weighted by molar-refractivity contribution is 0.922. The number of allylic oxidation sites excluding steroid dienone is 4. The van der Waals surface area contributed by atoms with Crippen LogP contribution in [0.3, 0.4) is 0 Å². The third-order valence-corrected chi connectivity index (χ3v) is 2.63. The average Bonchev–Trinajstić information content (AvgIpc) is 2.50. The van der Waals surface area contributed by atoms with Crippen LogP contribution < -0.4 is 5.32 Å². The maximum absolute atomic E-state index is 3.62. The Bertz CT molecular complexity index is 385. The van der Waals surface area contributed by atoms with Gasteiger partial charge in [-0.1, -0.05) is 76.3 Å². The van der Waals surface area contributed by atoms with Gasteiger partial charge in [0, 0.05) is 12.2 Å². The third kappa shape index (κ3) is 9.21. The molecule has 0 aromatic heterocycles. The summed E-state index contributed by atoms with van der Waals surface area (Å²) in [4.78, 5) is 0. The van der Waals surface area contributed by atoms with E-state index >= 15 is 0 Å². The first-order chi connectivity index (χ1) is 9.86. The summed E-state index contributed by atoms with van der Waals surface area (Å²) in [5, 5.41) is 3.41. The summed E-state index contributed by atoms with van der Waals surface area (Å²) >= 11 is 0. The first-order valence-corrected chi connectivity index (χ1v) is 7.64. The molecule has 1 heteroatoms. The number of rotatable bonds is 8. The molecule has 1 aromatic carbocycles. The van der Waals surface area contributed by atoms with Crippen LogP contribution in [0.5, 0.6) is 0 Å². The quantitative estimate of drug-likeness (QED) is 0.468. The van der Waals surface area contributed by atoms with Crippen LogP contribution in [0.15, 0.2) is 61.2 Å². The van der Waals surface area contributed by atoms with E-state index in [9.17, 15) is 0 Å². The van der Waals surface area contributed by atoms with Crippen molar-refractivity contribution in [3.05, 3.63) is 66.8 Å². The molecular weight excluding hydrogens is 242 g/mol. The Labute approximate surface area is 125 Å². The van der Waals surface area contributed by atoms with Crippen LogP contribution in [0.1, 0.15) is 39.2 Å². The second-order valence-electron chi connectivity index (χ2n) is 4.21. The molecule has 0 bridgehead atoms. The summed E-state index contributed by atoms with van der Waals surface area (Å²) in [6.07, 6.45) is 13.3. The summed E-state index contributed by atoms with van der Waals surface area (Å²) in [7, 11) is 0. The molecule has 1 nitrogen and oxygen atoms in total. The minimum Gasteiger partial charge on any atom is -0.385 e. The summed E-state index contributed by atoms with van der Waals surface area (Å²) in [6.45, 7) is 10.8. The van der Waals surface area contributed by atoms with Gasteiger partial charge in [0.25, 0.3) is 0 Å². The Morgan fingerprint density at radius 2 is 1.75 bits per heavy atom. The van der Waals surface area contributed by atoms with Crippen molar-refractivity contribution in [2.24, 2.45) is 0 Å². The van der Waals surface area contributed by atoms with Gasteiger partial charge >= 0.3 is 0 Å². The molecule has 0 saturated heterocycles. The van der Waals surface area contributed by atoms with Crippen molar-refractivity contribution in [2.45, 2.75) is 40.0 Å². The van der Waals surface area contributed by atoms with Gasteiger partial charge in [0.15, 0.2) is 0 Å². The lowest BCUT2D eigenvalue weighted by atomic mass is 10.1. The first-order valence-electron chi connectivity index (χ1n) is 7.64. The second kappa shape index (κ2) is 13.7. The van der Waals surface area contributed by atoms with E-state index in [1.165, 1.54) is 24.1 Å². The topological polar surface area (TPSA) is 12.0 Å². The van der Waals surface area contributed by atoms with Gasteiger partial charge in [0.05, 0.1) is 0 Å². The standard InChI is InChI=1S/C17H23N.C2H6/c1-3-5-6-7-8-9-15-18-17-13-11-16(10-4-2)12-14-17;1-2/h3,5-8,11-14,18H,1,4,9-10,15H2,2H3;1-2H3/b6-5-,8-7+;. The summed E-state index contributed by atoms with van der Waals surface area (Å²) in [5.74, 6) is 0. The molecule has 0 aliphatic carbocycles. The van der Waals surface area contributed by atoms with Crippen LogP contribution in [0.4, 0.5) is 5.69 Å². The first kappa shape index (κ1) is 18.2. The van der Waals surface area contributed by atoms with Crippen LogP contribution >= 0.6 is 0 Å². The molecule has 0 spiro atoms. The minimum atomic E-state index is 0.964. The molecule has 0 radical (unpaired) electrons. The van der Waals surface area contributed by atoms with E-state index in [0.717, 1.165) is 13.0 Å². The molecule has 110 valence electrons. The maximum Gasteiger partial charge on any atom is 0.0340 e. The molecule has 1 rings (SSSR count). The van der Waals surface area contributed by atoms with Crippen LogP contribution in [-0.4, -0.2) is 6.54 Å². The molecule has 0 heterocycles. The van der Waals surface area contributed by atoms with E-state index in [1.54, 1.807) is 6.08 Å². The van der Waals surface area contributed by atoms with Crippen molar-refractivity contribution in [2.75, 3.05) is 11.9 Å². The fraction of sp³-hybridized carbons (Fsp3) is 0.368. The lowest BCUT2D eigenvalue weighted by Gasteiger charge is -2.05. The zero-order chi connectivity index (χ0) is 15.1.